The topological polar surface area (TPSA) is 30.5 Å². The highest BCUT2D eigenvalue weighted by molar-refractivity contribution is 7.99. The monoisotopic (exact) mass is 273 g/mol. The van der Waals surface area contributed by atoms with Gasteiger partial charge in [0.15, 0.2) is 0 Å². The molecule has 0 saturated carbocycles. The van der Waals surface area contributed by atoms with Gasteiger partial charge >= 0.3 is 0 Å². The van der Waals surface area contributed by atoms with Gasteiger partial charge in [0.25, 0.3) is 0 Å². The molecule has 102 valence electrons. The van der Waals surface area contributed by atoms with E-state index in [2.05, 4.69) is 12.2 Å². The summed E-state index contributed by atoms with van der Waals surface area (Å²) in [5.74, 6) is 1.48. The van der Waals surface area contributed by atoms with E-state index in [9.17, 15) is 4.39 Å². The Balaban J connectivity index is 2.94. The van der Waals surface area contributed by atoms with Crippen LogP contribution in [0.2, 0.25) is 0 Å². The van der Waals surface area contributed by atoms with E-state index in [0.29, 0.717) is 5.75 Å². The van der Waals surface area contributed by atoms with E-state index in [0.717, 1.165) is 47.5 Å². The zero-order valence-corrected chi connectivity index (χ0v) is 11.9. The predicted molar refractivity (Wildman–Crippen MR) is 73.6 cm³/mol. The molecule has 0 radical (unpaired) electrons. The Morgan fingerprint density at radius 1 is 1.22 bits per heavy atom. The summed E-state index contributed by atoms with van der Waals surface area (Å²) in [5, 5.41) is 3.26. The van der Waals surface area contributed by atoms with Crippen LogP contribution in [0, 0.1) is 0 Å². The van der Waals surface area contributed by atoms with Gasteiger partial charge in [-0.3, -0.25) is 0 Å². The largest absolute Gasteiger partial charge is 0.496 e. The SMILES string of the molecule is CCNCCc1cc(OC)c(SCF)cc1OC. The third-order valence-corrected chi connectivity index (χ3v) is 3.34. The molecule has 0 bridgehead atoms. The molecular weight excluding hydrogens is 253 g/mol. The van der Waals surface area contributed by atoms with Gasteiger partial charge in [0, 0.05) is 0 Å². The number of benzene rings is 1. The van der Waals surface area contributed by atoms with Gasteiger partial charge in [-0.25, -0.2) is 4.39 Å². The molecule has 0 aromatic heterocycles. The molecule has 0 saturated heterocycles. The number of thioether (sulfide) groups is 1. The van der Waals surface area contributed by atoms with Crippen LogP contribution in [0.25, 0.3) is 0 Å². The zero-order valence-electron chi connectivity index (χ0n) is 11.1. The molecule has 0 aliphatic carbocycles. The fourth-order valence-corrected chi connectivity index (χ4v) is 2.29. The van der Waals surface area contributed by atoms with Crippen molar-refractivity contribution in [3.8, 4) is 11.5 Å². The Hall–Kier alpha value is -0.940. The fraction of sp³-hybridized carbons (Fsp3) is 0.538. The maximum absolute atomic E-state index is 12.4. The molecule has 0 heterocycles. The smallest absolute Gasteiger partial charge is 0.140 e. The van der Waals surface area contributed by atoms with Gasteiger partial charge in [0.05, 0.1) is 19.1 Å². The van der Waals surface area contributed by atoms with Crippen molar-refractivity contribution < 1.29 is 13.9 Å². The van der Waals surface area contributed by atoms with E-state index in [4.69, 9.17) is 9.47 Å². The summed E-state index contributed by atoms with van der Waals surface area (Å²) in [6.45, 7) is 3.89. The van der Waals surface area contributed by atoms with Crippen molar-refractivity contribution >= 4 is 11.8 Å². The van der Waals surface area contributed by atoms with Crippen LogP contribution in [0.4, 0.5) is 4.39 Å². The second kappa shape index (κ2) is 8.21. The maximum atomic E-state index is 12.4. The number of hydrogen-bond acceptors (Lipinski definition) is 4. The van der Waals surface area contributed by atoms with Crippen LogP contribution < -0.4 is 14.8 Å². The lowest BCUT2D eigenvalue weighted by molar-refractivity contribution is 0.390. The van der Waals surface area contributed by atoms with Crippen LogP contribution in [0.3, 0.4) is 0 Å². The molecule has 0 amide bonds. The Morgan fingerprint density at radius 3 is 2.50 bits per heavy atom. The standard InChI is InChI=1S/C13H20FNO2S/c1-4-15-6-5-10-7-12(17-3)13(18-9-14)8-11(10)16-2/h7-8,15H,4-6,9H2,1-3H3. The van der Waals surface area contributed by atoms with Crippen LogP contribution in [0.1, 0.15) is 12.5 Å². The van der Waals surface area contributed by atoms with E-state index in [1.807, 2.05) is 12.1 Å². The quantitative estimate of drug-likeness (QED) is 0.583. The summed E-state index contributed by atoms with van der Waals surface area (Å²) in [5.41, 5.74) is 1.07. The first-order chi connectivity index (χ1) is 8.76. The molecule has 0 unspecified atom stereocenters. The van der Waals surface area contributed by atoms with Crippen LogP contribution in [-0.2, 0) is 6.42 Å². The molecule has 3 nitrogen and oxygen atoms in total. The van der Waals surface area contributed by atoms with Crippen LogP contribution >= 0.6 is 11.8 Å². The Kier molecular flexibility index (Phi) is 6.90. The van der Waals surface area contributed by atoms with Crippen molar-refractivity contribution in [2.75, 3.05) is 33.3 Å². The number of likely N-dealkylation sites (N-methyl/N-ethyl adjacent to an activating group) is 1. The highest BCUT2D eigenvalue weighted by Gasteiger charge is 2.11. The lowest BCUT2D eigenvalue weighted by Crippen LogP contribution is -2.16. The Morgan fingerprint density at radius 2 is 1.94 bits per heavy atom. The maximum Gasteiger partial charge on any atom is 0.140 e. The Bertz CT molecular complexity index is 374. The second-order valence-electron chi connectivity index (χ2n) is 3.67. The van der Waals surface area contributed by atoms with Gasteiger partial charge in [0.2, 0.25) is 0 Å². The molecule has 0 fully saturated rings. The highest BCUT2D eigenvalue weighted by Crippen LogP contribution is 2.35. The van der Waals surface area contributed by atoms with Crippen molar-refractivity contribution in [1.82, 2.24) is 5.32 Å². The summed E-state index contributed by atoms with van der Waals surface area (Å²) in [6.07, 6.45) is 0.855. The van der Waals surface area contributed by atoms with E-state index in [1.54, 1.807) is 14.2 Å². The average molecular weight is 273 g/mol. The molecule has 0 spiro atoms. The van der Waals surface area contributed by atoms with Gasteiger partial charge in [-0.05, 0) is 37.2 Å². The number of methoxy groups -OCH3 is 2. The van der Waals surface area contributed by atoms with E-state index in [-0.39, 0.29) is 0 Å². The molecule has 0 atom stereocenters. The molecular formula is C13H20FNO2S. The molecule has 1 aromatic carbocycles. The molecule has 0 aliphatic rings. The van der Waals surface area contributed by atoms with Crippen molar-refractivity contribution in [3.05, 3.63) is 17.7 Å². The van der Waals surface area contributed by atoms with Crippen LogP contribution in [0.5, 0.6) is 11.5 Å². The lowest BCUT2D eigenvalue weighted by atomic mass is 10.1. The molecule has 1 aromatic rings. The highest BCUT2D eigenvalue weighted by atomic mass is 32.2. The molecule has 1 rings (SSSR count). The number of alkyl halides is 1. The van der Waals surface area contributed by atoms with E-state index in [1.165, 1.54) is 0 Å². The van der Waals surface area contributed by atoms with Gasteiger partial charge in [-0.1, -0.05) is 18.7 Å². The fourth-order valence-electron chi connectivity index (χ4n) is 1.70. The van der Waals surface area contributed by atoms with E-state index >= 15 is 0 Å². The van der Waals surface area contributed by atoms with Crippen molar-refractivity contribution in [1.29, 1.82) is 0 Å². The number of halogens is 1. The summed E-state index contributed by atoms with van der Waals surface area (Å²) >= 11 is 1.11. The summed E-state index contributed by atoms with van der Waals surface area (Å²) in [4.78, 5) is 0.768. The summed E-state index contributed by atoms with van der Waals surface area (Å²) in [7, 11) is 3.22. The van der Waals surface area contributed by atoms with Crippen molar-refractivity contribution in [3.63, 3.8) is 0 Å². The predicted octanol–water partition coefficient (Wildman–Crippen LogP) is 2.87. The number of nitrogens with one attached hydrogen (secondary N) is 1. The summed E-state index contributed by atoms with van der Waals surface area (Å²) < 4.78 is 23.1. The van der Waals surface area contributed by atoms with Crippen molar-refractivity contribution in [2.24, 2.45) is 0 Å². The normalized spacial score (nSPS) is 10.4. The molecule has 5 heteroatoms. The first kappa shape index (κ1) is 15.1. The lowest BCUT2D eigenvalue weighted by Gasteiger charge is -2.14. The third-order valence-electron chi connectivity index (χ3n) is 2.60. The van der Waals surface area contributed by atoms with Gasteiger partial charge in [-0.2, -0.15) is 0 Å². The first-order valence-corrected chi connectivity index (χ1v) is 6.89. The van der Waals surface area contributed by atoms with Gasteiger partial charge in [-0.15, -0.1) is 0 Å². The van der Waals surface area contributed by atoms with Crippen LogP contribution in [0.15, 0.2) is 17.0 Å². The number of hydrogen-bond donors (Lipinski definition) is 1. The molecule has 1 N–H and O–H groups in total. The van der Waals surface area contributed by atoms with E-state index < -0.39 is 6.01 Å². The zero-order chi connectivity index (χ0) is 13.4. The minimum atomic E-state index is -0.476. The first-order valence-electron chi connectivity index (χ1n) is 5.91. The van der Waals surface area contributed by atoms with Gasteiger partial charge in [0.1, 0.15) is 17.5 Å². The van der Waals surface area contributed by atoms with Gasteiger partial charge < -0.3 is 14.8 Å². The Labute approximate surface area is 112 Å². The molecule has 18 heavy (non-hydrogen) atoms. The van der Waals surface area contributed by atoms with Crippen molar-refractivity contribution in [2.45, 2.75) is 18.2 Å². The number of rotatable bonds is 8. The average Bonchev–Trinajstić information content (AvgIpc) is 2.40. The third kappa shape index (κ3) is 4.07. The summed E-state index contributed by atoms with van der Waals surface area (Å²) in [6, 6.07) is 3.29. The number of ether oxygens (including phenoxy) is 2. The van der Waals surface area contributed by atoms with Crippen LogP contribution in [-0.4, -0.2) is 33.3 Å². The second-order valence-corrected chi connectivity index (χ2v) is 4.62. The minimum absolute atomic E-state index is 0.476. The molecule has 0 aliphatic heterocycles. The minimum Gasteiger partial charge on any atom is -0.496 e.